The number of aryl methyl sites for hydroxylation is 1. The molecule has 1 amide bonds. The van der Waals surface area contributed by atoms with Crippen LogP contribution >= 0.6 is 11.6 Å². The van der Waals surface area contributed by atoms with E-state index in [1.807, 2.05) is 44.7 Å². The van der Waals surface area contributed by atoms with Crippen LogP contribution in [0.25, 0.3) is 0 Å². The van der Waals surface area contributed by atoms with Gasteiger partial charge in [0.2, 0.25) is 0 Å². The lowest BCUT2D eigenvalue weighted by molar-refractivity contribution is -0.150. The number of hydrogen-bond acceptors (Lipinski definition) is 3. The topological polar surface area (TPSA) is 38.8 Å². The summed E-state index contributed by atoms with van der Waals surface area (Å²) in [6.07, 6.45) is 0.181. The molecule has 22 heavy (non-hydrogen) atoms. The molecule has 3 atom stereocenters. The van der Waals surface area contributed by atoms with Crippen molar-refractivity contribution in [1.29, 1.82) is 0 Å². The van der Waals surface area contributed by atoms with Gasteiger partial charge in [-0.15, -0.1) is 0 Å². The van der Waals surface area contributed by atoms with Crippen molar-refractivity contribution in [2.24, 2.45) is 0 Å². The first-order chi connectivity index (χ1) is 10.4. The van der Waals surface area contributed by atoms with Crippen molar-refractivity contribution >= 4 is 17.5 Å². The van der Waals surface area contributed by atoms with Crippen LogP contribution in [0, 0.1) is 6.92 Å². The maximum absolute atomic E-state index is 12.7. The fourth-order valence-corrected chi connectivity index (χ4v) is 2.89. The number of nitrogens with zero attached hydrogens (tertiary/aromatic N) is 1. The van der Waals surface area contributed by atoms with E-state index in [0.29, 0.717) is 30.3 Å². The Balaban J connectivity index is 2.10. The van der Waals surface area contributed by atoms with Crippen LogP contribution in [0.3, 0.4) is 0 Å². The monoisotopic (exact) mass is 325 g/mol. The largest absolute Gasteiger partial charge is 0.479 e. The first-order valence-corrected chi connectivity index (χ1v) is 8.15. The molecule has 0 saturated carbocycles. The average Bonchev–Trinajstić information content (AvgIpc) is 2.46. The van der Waals surface area contributed by atoms with Gasteiger partial charge in [-0.3, -0.25) is 4.79 Å². The molecule has 0 aliphatic carbocycles. The molecular weight excluding hydrogens is 302 g/mol. The van der Waals surface area contributed by atoms with E-state index in [9.17, 15) is 4.79 Å². The minimum Gasteiger partial charge on any atom is -0.479 e. The highest BCUT2D eigenvalue weighted by atomic mass is 35.5. The normalized spacial score (nSPS) is 23.2. The summed E-state index contributed by atoms with van der Waals surface area (Å²) < 4.78 is 11.6. The fraction of sp³-hybridized carbons (Fsp3) is 0.588. The van der Waals surface area contributed by atoms with Crippen molar-refractivity contribution in [3.8, 4) is 5.75 Å². The van der Waals surface area contributed by atoms with Gasteiger partial charge in [-0.25, -0.2) is 0 Å². The van der Waals surface area contributed by atoms with E-state index in [2.05, 4.69) is 0 Å². The van der Waals surface area contributed by atoms with E-state index in [-0.39, 0.29) is 18.1 Å². The SMILES string of the molecule is CC[C@@H](Oc1cc(C)ccc1Cl)C(=O)N1C[C@@H](C)O[C@@H](C)C1. The van der Waals surface area contributed by atoms with Crippen LogP contribution in [0.5, 0.6) is 5.75 Å². The number of halogens is 1. The summed E-state index contributed by atoms with van der Waals surface area (Å²) >= 11 is 6.16. The molecular formula is C17H24ClNO3. The Morgan fingerprint density at radius 1 is 1.41 bits per heavy atom. The third-order valence-electron chi connectivity index (χ3n) is 3.73. The molecule has 1 fully saturated rings. The molecule has 2 rings (SSSR count). The summed E-state index contributed by atoms with van der Waals surface area (Å²) in [7, 11) is 0. The number of carbonyl (C=O) groups excluding carboxylic acids is 1. The number of hydrogen-bond donors (Lipinski definition) is 0. The lowest BCUT2D eigenvalue weighted by Gasteiger charge is -2.37. The Labute approximate surface area is 137 Å². The van der Waals surface area contributed by atoms with Crippen LogP contribution in [0.15, 0.2) is 18.2 Å². The van der Waals surface area contributed by atoms with Gasteiger partial charge < -0.3 is 14.4 Å². The van der Waals surface area contributed by atoms with Gasteiger partial charge in [0.05, 0.1) is 17.2 Å². The summed E-state index contributed by atoms with van der Waals surface area (Å²) in [6.45, 7) is 9.08. The number of benzene rings is 1. The second-order valence-corrected chi connectivity index (χ2v) is 6.36. The van der Waals surface area contributed by atoms with Crippen molar-refractivity contribution in [3.05, 3.63) is 28.8 Å². The summed E-state index contributed by atoms with van der Waals surface area (Å²) in [5, 5.41) is 0.528. The molecule has 0 radical (unpaired) electrons. The second kappa shape index (κ2) is 7.34. The Morgan fingerprint density at radius 2 is 2.05 bits per heavy atom. The van der Waals surface area contributed by atoms with Crippen LogP contribution in [0.2, 0.25) is 5.02 Å². The minimum absolute atomic E-state index is 0.00192. The molecule has 0 unspecified atom stereocenters. The molecule has 1 saturated heterocycles. The second-order valence-electron chi connectivity index (χ2n) is 5.95. The van der Waals surface area contributed by atoms with Crippen LogP contribution in [-0.2, 0) is 9.53 Å². The fourth-order valence-electron chi connectivity index (χ4n) is 2.72. The summed E-state index contributed by atoms with van der Waals surface area (Å²) in [5.74, 6) is 0.568. The Bertz CT molecular complexity index is 525. The van der Waals surface area contributed by atoms with Crippen molar-refractivity contribution in [2.75, 3.05) is 13.1 Å². The first kappa shape index (κ1) is 17.1. The zero-order chi connectivity index (χ0) is 16.3. The summed E-state index contributed by atoms with van der Waals surface area (Å²) in [6, 6.07) is 5.58. The van der Waals surface area contributed by atoms with Crippen LogP contribution in [-0.4, -0.2) is 42.2 Å². The highest BCUT2D eigenvalue weighted by molar-refractivity contribution is 6.32. The molecule has 5 heteroatoms. The molecule has 1 heterocycles. The van der Waals surface area contributed by atoms with Gasteiger partial charge in [0.15, 0.2) is 6.10 Å². The number of rotatable bonds is 4. The molecule has 1 aliphatic heterocycles. The average molecular weight is 326 g/mol. The summed E-state index contributed by atoms with van der Waals surface area (Å²) in [4.78, 5) is 14.6. The van der Waals surface area contributed by atoms with E-state index in [0.717, 1.165) is 5.56 Å². The Morgan fingerprint density at radius 3 is 2.64 bits per heavy atom. The van der Waals surface area contributed by atoms with E-state index >= 15 is 0 Å². The number of ether oxygens (including phenoxy) is 2. The van der Waals surface area contributed by atoms with Gasteiger partial charge in [-0.1, -0.05) is 24.6 Å². The Kier molecular flexibility index (Phi) is 5.70. The van der Waals surface area contributed by atoms with Crippen LogP contribution < -0.4 is 4.74 Å². The molecule has 0 bridgehead atoms. The number of carbonyl (C=O) groups is 1. The molecule has 122 valence electrons. The molecule has 1 aliphatic rings. The standard InChI is InChI=1S/C17H24ClNO3/c1-5-15(22-16-8-11(2)6-7-14(16)18)17(20)19-9-12(3)21-13(4)10-19/h6-8,12-13,15H,5,9-10H2,1-4H3/t12-,13+,15-/m1/s1. The lowest BCUT2D eigenvalue weighted by Crippen LogP contribution is -2.52. The molecule has 4 nitrogen and oxygen atoms in total. The van der Waals surface area contributed by atoms with Crippen molar-refractivity contribution in [3.63, 3.8) is 0 Å². The third kappa shape index (κ3) is 4.14. The van der Waals surface area contributed by atoms with Gasteiger partial charge in [0, 0.05) is 13.1 Å². The third-order valence-corrected chi connectivity index (χ3v) is 4.05. The number of morpholine rings is 1. The lowest BCUT2D eigenvalue weighted by atomic mass is 10.1. The quantitative estimate of drug-likeness (QED) is 0.851. The van der Waals surface area contributed by atoms with Crippen molar-refractivity contribution in [2.45, 2.75) is 52.4 Å². The molecule has 0 aromatic heterocycles. The minimum atomic E-state index is -0.517. The highest BCUT2D eigenvalue weighted by Crippen LogP contribution is 2.27. The van der Waals surface area contributed by atoms with E-state index in [1.165, 1.54) is 0 Å². The highest BCUT2D eigenvalue weighted by Gasteiger charge is 2.31. The van der Waals surface area contributed by atoms with Crippen molar-refractivity contribution < 1.29 is 14.3 Å². The van der Waals surface area contributed by atoms with E-state index in [4.69, 9.17) is 21.1 Å². The van der Waals surface area contributed by atoms with E-state index < -0.39 is 6.10 Å². The predicted molar refractivity (Wildman–Crippen MR) is 87.5 cm³/mol. The van der Waals surface area contributed by atoms with Gasteiger partial charge in [0.1, 0.15) is 5.75 Å². The molecule has 1 aromatic rings. The van der Waals surface area contributed by atoms with Crippen molar-refractivity contribution in [1.82, 2.24) is 4.90 Å². The zero-order valence-corrected chi connectivity index (χ0v) is 14.4. The van der Waals surface area contributed by atoms with Gasteiger partial charge in [0.25, 0.3) is 5.91 Å². The molecule has 1 aromatic carbocycles. The maximum atomic E-state index is 12.7. The first-order valence-electron chi connectivity index (χ1n) is 7.77. The zero-order valence-electron chi connectivity index (χ0n) is 13.6. The summed E-state index contributed by atoms with van der Waals surface area (Å²) in [5.41, 5.74) is 1.05. The van der Waals surface area contributed by atoms with Gasteiger partial charge in [-0.2, -0.15) is 0 Å². The van der Waals surface area contributed by atoms with Gasteiger partial charge in [-0.05, 0) is 44.9 Å². The molecule has 0 N–H and O–H groups in total. The predicted octanol–water partition coefficient (Wildman–Crippen LogP) is 3.44. The van der Waals surface area contributed by atoms with Gasteiger partial charge >= 0.3 is 0 Å². The number of amides is 1. The van der Waals surface area contributed by atoms with Crippen LogP contribution in [0.1, 0.15) is 32.8 Å². The molecule has 0 spiro atoms. The smallest absolute Gasteiger partial charge is 0.263 e. The Hall–Kier alpha value is -1.26. The van der Waals surface area contributed by atoms with Crippen LogP contribution in [0.4, 0.5) is 0 Å². The van der Waals surface area contributed by atoms with E-state index in [1.54, 1.807) is 6.07 Å². The maximum Gasteiger partial charge on any atom is 0.263 e.